The second-order valence-electron chi connectivity index (χ2n) is 4.99. The highest BCUT2D eigenvalue weighted by molar-refractivity contribution is 6.01. The number of nitrogens with zero attached hydrogens (tertiary/aromatic N) is 1. The van der Waals surface area contributed by atoms with E-state index in [4.69, 9.17) is 14.2 Å². The first kappa shape index (κ1) is 15.8. The Morgan fingerprint density at radius 1 is 1.08 bits per heavy atom. The van der Waals surface area contributed by atoms with Crippen molar-refractivity contribution in [3.8, 4) is 17.2 Å². The number of para-hydroxylation sites is 2. The van der Waals surface area contributed by atoms with Crippen molar-refractivity contribution < 1.29 is 19.0 Å². The van der Waals surface area contributed by atoms with Crippen LogP contribution in [0.1, 0.15) is 17.3 Å². The highest BCUT2D eigenvalue weighted by Crippen LogP contribution is 2.36. The van der Waals surface area contributed by atoms with E-state index in [1.54, 1.807) is 14.0 Å². The van der Waals surface area contributed by atoms with E-state index in [2.05, 4.69) is 4.98 Å². The van der Waals surface area contributed by atoms with Gasteiger partial charge < -0.3 is 14.2 Å². The molecule has 1 aromatic heterocycles. The molecule has 0 fully saturated rings. The molecule has 2 aromatic carbocycles. The van der Waals surface area contributed by atoms with Crippen molar-refractivity contribution in [1.82, 2.24) is 4.98 Å². The zero-order chi connectivity index (χ0) is 16.9. The summed E-state index contributed by atoms with van der Waals surface area (Å²) in [6.45, 7) is 2.03. The third-order valence-corrected chi connectivity index (χ3v) is 3.49. The predicted octanol–water partition coefficient (Wildman–Crippen LogP) is 4.21. The maximum Gasteiger partial charge on any atom is 0.343 e. The molecule has 5 nitrogen and oxygen atoms in total. The molecule has 0 unspecified atom stereocenters. The molecule has 0 radical (unpaired) electrons. The van der Waals surface area contributed by atoms with Gasteiger partial charge in [0, 0.05) is 11.6 Å². The van der Waals surface area contributed by atoms with Gasteiger partial charge in [-0.15, -0.1) is 0 Å². The summed E-state index contributed by atoms with van der Waals surface area (Å²) >= 11 is 0. The maximum absolute atomic E-state index is 12.3. The molecule has 1 heterocycles. The topological polar surface area (TPSA) is 57.7 Å². The second-order valence-corrected chi connectivity index (χ2v) is 4.99. The molecule has 24 heavy (non-hydrogen) atoms. The molecule has 0 aliphatic carbocycles. The Labute approximate surface area is 139 Å². The van der Waals surface area contributed by atoms with Gasteiger partial charge in [0.2, 0.25) is 0 Å². The van der Waals surface area contributed by atoms with E-state index in [1.807, 2.05) is 48.5 Å². The van der Waals surface area contributed by atoms with Crippen molar-refractivity contribution >= 4 is 16.9 Å². The van der Waals surface area contributed by atoms with E-state index in [-0.39, 0.29) is 12.2 Å². The fourth-order valence-electron chi connectivity index (χ4n) is 2.41. The van der Waals surface area contributed by atoms with Crippen molar-refractivity contribution in [3.05, 3.63) is 60.3 Å². The molecular weight excluding hydrogens is 306 g/mol. The summed E-state index contributed by atoms with van der Waals surface area (Å²) in [7, 11) is 1.58. The molecule has 3 rings (SSSR count). The van der Waals surface area contributed by atoms with Gasteiger partial charge in [-0.3, -0.25) is 4.98 Å². The van der Waals surface area contributed by atoms with Gasteiger partial charge in [-0.25, -0.2) is 4.79 Å². The number of aromatic nitrogens is 1. The van der Waals surface area contributed by atoms with Gasteiger partial charge in [0.25, 0.3) is 0 Å². The zero-order valence-electron chi connectivity index (χ0n) is 13.5. The first-order chi connectivity index (χ1) is 11.7. The monoisotopic (exact) mass is 323 g/mol. The minimum absolute atomic E-state index is 0.278. The molecule has 0 saturated heterocycles. The lowest BCUT2D eigenvalue weighted by Gasteiger charge is -2.14. The summed E-state index contributed by atoms with van der Waals surface area (Å²) in [6, 6.07) is 14.7. The molecule has 0 N–H and O–H groups in total. The van der Waals surface area contributed by atoms with Crippen molar-refractivity contribution in [3.63, 3.8) is 0 Å². The molecular formula is C19H17NO4. The van der Waals surface area contributed by atoms with Crippen LogP contribution in [0.15, 0.2) is 54.7 Å². The molecule has 5 heteroatoms. The molecule has 0 amide bonds. The molecule has 3 aromatic rings. The Balaban J connectivity index is 2.19. The smallest absolute Gasteiger partial charge is 0.343 e. The van der Waals surface area contributed by atoms with Crippen LogP contribution in [0, 0.1) is 0 Å². The molecule has 0 bridgehead atoms. The average molecular weight is 323 g/mol. The van der Waals surface area contributed by atoms with Crippen LogP contribution in [-0.4, -0.2) is 24.7 Å². The van der Waals surface area contributed by atoms with E-state index in [0.717, 1.165) is 0 Å². The molecule has 0 aliphatic heterocycles. The molecule has 0 atom stereocenters. The number of rotatable bonds is 5. The second kappa shape index (κ2) is 7.00. The van der Waals surface area contributed by atoms with E-state index in [1.165, 1.54) is 6.20 Å². The normalized spacial score (nSPS) is 10.4. The molecule has 0 saturated carbocycles. The van der Waals surface area contributed by atoms with Gasteiger partial charge in [0.1, 0.15) is 22.6 Å². The van der Waals surface area contributed by atoms with Crippen LogP contribution < -0.4 is 9.47 Å². The summed E-state index contributed by atoms with van der Waals surface area (Å²) < 4.78 is 16.5. The minimum atomic E-state index is -0.472. The van der Waals surface area contributed by atoms with Gasteiger partial charge in [0.05, 0.1) is 13.7 Å². The van der Waals surface area contributed by atoms with Crippen LogP contribution in [-0.2, 0) is 4.74 Å². The number of esters is 1. The first-order valence-electron chi connectivity index (χ1n) is 7.60. The van der Waals surface area contributed by atoms with Crippen LogP contribution in [0.2, 0.25) is 0 Å². The van der Waals surface area contributed by atoms with Crippen LogP contribution in [0.25, 0.3) is 10.9 Å². The average Bonchev–Trinajstić information content (AvgIpc) is 2.62. The summed E-state index contributed by atoms with van der Waals surface area (Å²) in [6.07, 6.45) is 1.46. The number of hydrogen-bond donors (Lipinski definition) is 0. The SMILES string of the molecule is CCOC(=O)c1cnc2c(OC)cccc2c1Oc1ccccc1. The lowest BCUT2D eigenvalue weighted by atomic mass is 10.1. The van der Waals surface area contributed by atoms with Crippen LogP contribution in [0.4, 0.5) is 0 Å². The van der Waals surface area contributed by atoms with Crippen molar-refractivity contribution in [2.45, 2.75) is 6.92 Å². The van der Waals surface area contributed by atoms with Crippen LogP contribution in [0.3, 0.4) is 0 Å². The maximum atomic E-state index is 12.3. The number of carbonyl (C=O) groups is 1. The third kappa shape index (κ3) is 3.01. The summed E-state index contributed by atoms with van der Waals surface area (Å²) in [5.41, 5.74) is 0.903. The van der Waals surface area contributed by atoms with Gasteiger partial charge in [-0.05, 0) is 31.2 Å². The minimum Gasteiger partial charge on any atom is -0.494 e. The highest BCUT2D eigenvalue weighted by Gasteiger charge is 2.20. The zero-order valence-corrected chi connectivity index (χ0v) is 13.5. The van der Waals surface area contributed by atoms with Crippen LogP contribution >= 0.6 is 0 Å². The Morgan fingerprint density at radius 2 is 1.88 bits per heavy atom. The van der Waals surface area contributed by atoms with Gasteiger partial charge >= 0.3 is 5.97 Å². The van der Waals surface area contributed by atoms with E-state index in [9.17, 15) is 4.79 Å². The lowest BCUT2D eigenvalue weighted by Crippen LogP contribution is -2.08. The Hall–Kier alpha value is -3.08. The quantitative estimate of drug-likeness (QED) is 0.658. The van der Waals surface area contributed by atoms with E-state index >= 15 is 0 Å². The number of benzene rings is 2. The standard InChI is InChI=1S/C19H17NO4/c1-3-23-19(21)15-12-20-17-14(10-7-11-16(17)22-2)18(15)24-13-8-5-4-6-9-13/h4-12H,3H2,1-2H3. The number of carbonyl (C=O) groups excluding carboxylic acids is 1. The fourth-order valence-corrected chi connectivity index (χ4v) is 2.41. The Kier molecular flexibility index (Phi) is 4.61. The largest absolute Gasteiger partial charge is 0.494 e. The number of methoxy groups -OCH3 is 1. The Morgan fingerprint density at radius 3 is 2.58 bits per heavy atom. The third-order valence-electron chi connectivity index (χ3n) is 3.49. The molecule has 122 valence electrons. The van der Waals surface area contributed by atoms with Gasteiger partial charge in [-0.2, -0.15) is 0 Å². The van der Waals surface area contributed by atoms with Crippen molar-refractivity contribution in [2.24, 2.45) is 0 Å². The molecule has 0 spiro atoms. The lowest BCUT2D eigenvalue weighted by molar-refractivity contribution is 0.0523. The summed E-state index contributed by atoms with van der Waals surface area (Å²) in [5, 5.41) is 0.684. The summed E-state index contributed by atoms with van der Waals surface area (Å²) in [4.78, 5) is 16.6. The first-order valence-corrected chi connectivity index (χ1v) is 7.60. The highest BCUT2D eigenvalue weighted by atomic mass is 16.5. The number of hydrogen-bond acceptors (Lipinski definition) is 5. The predicted molar refractivity (Wildman–Crippen MR) is 90.8 cm³/mol. The Bertz CT molecular complexity index is 862. The van der Waals surface area contributed by atoms with Gasteiger partial charge in [-0.1, -0.05) is 24.3 Å². The number of pyridine rings is 1. The van der Waals surface area contributed by atoms with Crippen LogP contribution in [0.5, 0.6) is 17.2 Å². The van der Waals surface area contributed by atoms with Gasteiger partial charge in [0.15, 0.2) is 5.75 Å². The van der Waals surface area contributed by atoms with E-state index < -0.39 is 5.97 Å². The summed E-state index contributed by atoms with van der Waals surface area (Å²) in [5.74, 6) is 1.17. The molecule has 0 aliphatic rings. The van der Waals surface area contributed by atoms with Crippen molar-refractivity contribution in [2.75, 3.05) is 13.7 Å². The number of fused-ring (bicyclic) bond motifs is 1. The van der Waals surface area contributed by atoms with Crippen molar-refractivity contribution in [1.29, 1.82) is 0 Å². The number of ether oxygens (including phenoxy) is 3. The van der Waals surface area contributed by atoms with E-state index in [0.29, 0.717) is 28.2 Å². The fraction of sp³-hybridized carbons (Fsp3) is 0.158.